The zero-order valence-electron chi connectivity index (χ0n) is 15.4. The number of rotatable bonds is 6. The average Bonchev–Trinajstić information content (AvgIpc) is 2.66. The summed E-state index contributed by atoms with van der Waals surface area (Å²) in [6.07, 6.45) is 2.33. The second kappa shape index (κ2) is 9.23. The minimum atomic E-state index is -3.37. The van der Waals surface area contributed by atoms with Crippen molar-refractivity contribution in [1.29, 1.82) is 0 Å². The molecule has 2 fully saturated rings. The monoisotopic (exact) mass is 416 g/mol. The van der Waals surface area contributed by atoms with Crippen LogP contribution in [0.3, 0.4) is 0 Å². The predicted molar refractivity (Wildman–Crippen MR) is 105 cm³/mol. The fourth-order valence-electron chi connectivity index (χ4n) is 3.46. The van der Waals surface area contributed by atoms with Gasteiger partial charge in [0.1, 0.15) is 13.1 Å². The van der Waals surface area contributed by atoms with Crippen molar-refractivity contribution < 1.29 is 22.8 Å². The number of nitrogens with one attached hydrogen (secondary N) is 2. The highest BCUT2D eigenvalue weighted by molar-refractivity contribution is 7.92. The lowest BCUT2D eigenvalue weighted by Gasteiger charge is -2.29. The molecule has 1 aromatic rings. The lowest BCUT2D eigenvalue weighted by Crippen LogP contribution is -3.14. The van der Waals surface area contributed by atoms with Crippen LogP contribution in [0.25, 0.3) is 0 Å². The van der Waals surface area contributed by atoms with Gasteiger partial charge in [0, 0.05) is 25.1 Å². The Morgan fingerprint density at radius 3 is 2.78 bits per heavy atom. The van der Waals surface area contributed by atoms with Crippen LogP contribution in [0.15, 0.2) is 18.2 Å². The summed E-state index contributed by atoms with van der Waals surface area (Å²) in [5, 5.41) is 3.25. The third-order valence-electron chi connectivity index (χ3n) is 5.02. The van der Waals surface area contributed by atoms with Crippen molar-refractivity contribution in [3.8, 4) is 0 Å². The Morgan fingerprint density at radius 2 is 2.04 bits per heavy atom. The molecule has 2 N–H and O–H groups in total. The molecule has 0 aliphatic carbocycles. The van der Waals surface area contributed by atoms with Crippen LogP contribution in [0.5, 0.6) is 0 Å². The fraction of sp³-hybridized carbons (Fsp3) is 0.611. The second-order valence-electron chi connectivity index (χ2n) is 6.98. The van der Waals surface area contributed by atoms with E-state index in [0.717, 1.165) is 45.7 Å². The Bertz CT molecular complexity index is 766. The maximum atomic E-state index is 12.5. The van der Waals surface area contributed by atoms with Gasteiger partial charge in [0.2, 0.25) is 10.0 Å². The third kappa shape index (κ3) is 5.34. The molecule has 1 aromatic carbocycles. The van der Waals surface area contributed by atoms with E-state index in [2.05, 4.69) is 5.32 Å². The molecular formula is C18H27ClN3O4S+. The maximum Gasteiger partial charge on any atom is 0.251 e. The van der Waals surface area contributed by atoms with Gasteiger partial charge in [-0.05, 0) is 31.0 Å². The molecule has 2 aliphatic heterocycles. The maximum absolute atomic E-state index is 12.5. The third-order valence-corrected chi connectivity index (χ3v) is 7.19. The van der Waals surface area contributed by atoms with Crippen LogP contribution in [-0.4, -0.2) is 66.0 Å². The van der Waals surface area contributed by atoms with E-state index in [0.29, 0.717) is 35.8 Å². The molecule has 0 saturated carbocycles. The molecule has 0 spiro atoms. The van der Waals surface area contributed by atoms with Crippen molar-refractivity contribution in [2.45, 2.75) is 19.3 Å². The number of ether oxygens (including phenoxy) is 1. The Labute approximate surface area is 165 Å². The number of carbonyl (C=O) groups is 1. The number of quaternary nitrogens is 1. The lowest BCUT2D eigenvalue weighted by atomic mass is 10.1. The lowest BCUT2D eigenvalue weighted by molar-refractivity contribution is -0.908. The van der Waals surface area contributed by atoms with Crippen molar-refractivity contribution in [1.82, 2.24) is 5.32 Å². The number of morpholine rings is 1. The van der Waals surface area contributed by atoms with E-state index < -0.39 is 10.0 Å². The molecule has 0 bridgehead atoms. The quantitative estimate of drug-likeness (QED) is 0.654. The van der Waals surface area contributed by atoms with Gasteiger partial charge in [-0.15, -0.1) is 0 Å². The van der Waals surface area contributed by atoms with Gasteiger partial charge in [-0.1, -0.05) is 11.6 Å². The van der Waals surface area contributed by atoms with Gasteiger partial charge in [0.15, 0.2) is 0 Å². The zero-order chi connectivity index (χ0) is 19.3. The van der Waals surface area contributed by atoms with E-state index in [9.17, 15) is 13.2 Å². The van der Waals surface area contributed by atoms with E-state index in [4.69, 9.17) is 16.3 Å². The zero-order valence-corrected chi connectivity index (χ0v) is 16.9. The molecule has 9 heteroatoms. The van der Waals surface area contributed by atoms with Gasteiger partial charge in [-0.25, -0.2) is 8.42 Å². The van der Waals surface area contributed by atoms with Gasteiger partial charge in [-0.3, -0.25) is 9.10 Å². The molecule has 0 radical (unpaired) electrons. The first-order valence-corrected chi connectivity index (χ1v) is 11.5. The number of anilines is 1. The van der Waals surface area contributed by atoms with Crippen LogP contribution < -0.4 is 14.5 Å². The number of hydrogen-bond acceptors (Lipinski definition) is 4. The molecule has 0 aromatic heterocycles. The molecule has 2 aliphatic rings. The number of benzene rings is 1. The van der Waals surface area contributed by atoms with E-state index in [1.54, 1.807) is 18.2 Å². The summed E-state index contributed by atoms with van der Waals surface area (Å²) in [4.78, 5) is 14.0. The van der Waals surface area contributed by atoms with E-state index >= 15 is 0 Å². The molecule has 7 nitrogen and oxygen atoms in total. The first-order chi connectivity index (χ1) is 13.0. The van der Waals surface area contributed by atoms with Gasteiger partial charge in [-0.2, -0.15) is 0 Å². The smallest absolute Gasteiger partial charge is 0.251 e. The summed E-state index contributed by atoms with van der Waals surface area (Å²) in [7, 11) is -3.37. The Balaban J connectivity index is 1.58. The van der Waals surface area contributed by atoms with E-state index in [-0.39, 0.29) is 11.7 Å². The number of nitrogens with zero attached hydrogens (tertiary/aromatic N) is 1. The van der Waals surface area contributed by atoms with Gasteiger partial charge < -0.3 is 15.0 Å². The number of carbonyl (C=O) groups excluding carboxylic acids is 1. The van der Waals surface area contributed by atoms with Crippen LogP contribution >= 0.6 is 11.6 Å². The largest absolute Gasteiger partial charge is 0.370 e. The van der Waals surface area contributed by atoms with Crippen molar-refractivity contribution in [2.24, 2.45) is 0 Å². The molecule has 2 saturated heterocycles. The van der Waals surface area contributed by atoms with Gasteiger partial charge in [0.25, 0.3) is 5.91 Å². The highest BCUT2D eigenvalue weighted by atomic mass is 35.5. The van der Waals surface area contributed by atoms with Crippen LogP contribution in [0.4, 0.5) is 5.69 Å². The molecule has 150 valence electrons. The van der Waals surface area contributed by atoms with E-state index in [1.807, 2.05) is 0 Å². The minimum absolute atomic E-state index is 0.115. The molecule has 3 rings (SSSR count). The topological polar surface area (TPSA) is 80.2 Å². The molecule has 0 unspecified atom stereocenters. The molecule has 1 amide bonds. The predicted octanol–water partition coefficient (Wildman–Crippen LogP) is 0.305. The van der Waals surface area contributed by atoms with Crippen LogP contribution in [0, 0.1) is 0 Å². The normalized spacial score (nSPS) is 20.4. The highest BCUT2D eigenvalue weighted by Crippen LogP contribution is 2.31. The summed E-state index contributed by atoms with van der Waals surface area (Å²) in [5.41, 5.74) is 0.815. The van der Waals surface area contributed by atoms with Crippen molar-refractivity contribution in [3.05, 3.63) is 28.8 Å². The summed E-state index contributed by atoms with van der Waals surface area (Å²) in [6.45, 7) is 5.61. The van der Waals surface area contributed by atoms with E-state index in [1.165, 1.54) is 9.21 Å². The average molecular weight is 417 g/mol. The van der Waals surface area contributed by atoms with Crippen molar-refractivity contribution in [3.63, 3.8) is 0 Å². The van der Waals surface area contributed by atoms with Crippen molar-refractivity contribution in [2.75, 3.05) is 56.0 Å². The number of halogens is 1. The SMILES string of the molecule is O=C(NCCC[NH+]1CCOCC1)c1ccc(Cl)c(N2CCCCS2(=O)=O)c1. The molecular weight excluding hydrogens is 390 g/mol. The standard InChI is InChI=1S/C18H26ClN3O4S/c19-16-5-4-15(14-17(16)22-8-1-2-13-27(22,24)25)18(23)20-6-3-7-21-9-11-26-12-10-21/h4-5,14H,1-3,6-13H2,(H,20,23)/p+1. The first-order valence-electron chi connectivity index (χ1n) is 9.47. The summed E-state index contributed by atoms with van der Waals surface area (Å²) >= 11 is 6.22. The Morgan fingerprint density at radius 1 is 1.26 bits per heavy atom. The van der Waals surface area contributed by atoms with Crippen LogP contribution in [0.2, 0.25) is 5.02 Å². The van der Waals surface area contributed by atoms with Gasteiger partial charge in [0.05, 0.1) is 36.2 Å². The van der Waals surface area contributed by atoms with Gasteiger partial charge >= 0.3 is 0 Å². The second-order valence-corrected chi connectivity index (χ2v) is 9.40. The number of sulfonamides is 1. The van der Waals surface area contributed by atoms with Crippen LogP contribution in [-0.2, 0) is 14.8 Å². The summed E-state index contributed by atoms with van der Waals surface area (Å²) < 4.78 is 31.3. The Kier molecular flexibility index (Phi) is 6.97. The number of hydrogen-bond donors (Lipinski definition) is 2. The highest BCUT2D eigenvalue weighted by Gasteiger charge is 2.28. The fourth-order valence-corrected chi connectivity index (χ4v) is 5.37. The summed E-state index contributed by atoms with van der Waals surface area (Å²) in [5.74, 6) is -0.0943. The number of amides is 1. The molecule has 0 atom stereocenters. The first kappa shape index (κ1) is 20.4. The van der Waals surface area contributed by atoms with Crippen LogP contribution in [0.1, 0.15) is 29.6 Å². The molecule has 2 heterocycles. The Hall–Kier alpha value is -1.35. The molecule has 27 heavy (non-hydrogen) atoms. The summed E-state index contributed by atoms with van der Waals surface area (Å²) in [6, 6.07) is 4.80. The van der Waals surface area contributed by atoms with Crippen molar-refractivity contribution >= 4 is 33.2 Å². The minimum Gasteiger partial charge on any atom is -0.370 e.